The average molecular weight is 281 g/mol. The highest BCUT2D eigenvalue weighted by atomic mass is 16.2. The van der Waals surface area contributed by atoms with E-state index in [0.717, 1.165) is 64.4 Å². The molecule has 0 atom stereocenters. The van der Waals surface area contributed by atoms with E-state index in [0.29, 0.717) is 5.91 Å². The van der Waals surface area contributed by atoms with Crippen LogP contribution >= 0.6 is 0 Å². The molecule has 0 radical (unpaired) electrons. The van der Waals surface area contributed by atoms with Gasteiger partial charge in [0.15, 0.2) is 0 Å². The molecule has 2 fully saturated rings. The first-order chi connectivity index (χ1) is 9.79. The molecular weight excluding hydrogens is 250 g/mol. The predicted molar refractivity (Wildman–Crippen MR) is 82.5 cm³/mol. The zero-order valence-corrected chi connectivity index (χ0v) is 12.9. The van der Waals surface area contributed by atoms with E-state index in [1.54, 1.807) is 0 Å². The van der Waals surface area contributed by atoms with Gasteiger partial charge in [0.2, 0.25) is 5.91 Å². The molecule has 0 bridgehead atoms. The monoisotopic (exact) mass is 281 g/mol. The molecule has 1 amide bonds. The lowest BCUT2D eigenvalue weighted by Gasteiger charge is -2.35. The number of rotatable bonds is 6. The minimum absolute atomic E-state index is 0.383. The highest BCUT2D eigenvalue weighted by molar-refractivity contribution is 5.76. The van der Waals surface area contributed by atoms with Crippen LogP contribution in [0.15, 0.2) is 0 Å². The number of nitrogens with two attached hydrogens (primary N) is 1. The zero-order chi connectivity index (χ0) is 14.2. The fraction of sp³-hybridized carbons (Fsp3) is 0.938. The second-order valence-electron chi connectivity index (χ2n) is 6.41. The molecule has 1 saturated heterocycles. The minimum atomic E-state index is 0.383. The Labute approximate surface area is 123 Å². The Bertz CT molecular complexity index is 281. The van der Waals surface area contributed by atoms with Crippen LogP contribution in [0.25, 0.3) is 0 Å². The summed E-state index contributed by atoms with van der Waals surface area (Å²) in [7, 11) is 0. The van der Waals surface area contributed by atoms with Crippen molar-refractivity contribution in [3.8, 4) is 0 Å². The summed E-state index contributed by atoms with van der Waals surface area (Å²) in [5, 5.41) is 0. The van der Waals surface area contributed by atoms with Crippen molar-refractivity contribution in [2.24, 2.45) is 11.7 Å². The lowest BCUT2D eigenvalue weighted by atomic mass is 9.86. The standard InChI is InChI=1S/C16H31N3O/c17-9-4-10-18-11-13-19(14-12-18)16(20)8-7-15-5-2-1-3-6-15/h15H,1-14,17H2. The van der Waals surface area contributed by atoms with Crippen LogP contribution < -0.4 is 5.73 Å². The molecule has 1 aliphatic heterocycles. The molecular formula is C16H31N3O. The molecule has 1 heterocycles. The number of nitrogens with zero attached hydrogens (tertiary/aromatic N) is 2. The number of hydrogen-bond donors (Lipinski definition) is 1. The molecule has 0 aromatic heterocycles. The van der Waals surface area contributed by atoms with Crippen LogP contribution in [0, 0.1) is 5.92 Å². The van der Waals surface area contributed by atoms with Gasteiger partial charge in [-0.1, -0.05) is 32.1 Å². The molecule has 4 heteroatoms. The first-order valence-electron chi connectivity index (χ1n) is 8.50. The molecule has 0 aromatic carbocycles. The van der Waals surface area contributed by atoms with Crippen molar-refractivity contribution in [2.75, 3.05) is 39.3 Å². The van der Waals surface area contributed by atoms with Gasteiger partial charge in [-0.2, -0.15) is 0 Å². The van der Waals surface area contributed by atoms with Crippen LogP contribution in [0.5, 0.6) is 0 Å². The van der Waals surface area contributed by atoms with Crippen molar-refractivity contribution >= 4 is 5.91 Å². The molecule has 116 valence electrons. The molecule has 1 aliphatic carbocycles. The summed E-state index contributed by atoms with van der Waals surface area (Å²) in [4.78, 5) is 16.7. The summed E-state index contributed by atoms with van der Waals surface area (Å²) >= 11 is 0. The Morgan fingerprint density at radius 1 is 1.05 bits per heavy atom. The van der Waals surface area contributed by atoms with E-state index in [1.165, 1.54) is 32.1 Å². The largest absolute Gasteiger partial charge is 0.340 e. The van der Waals surface area contributed by atoms with Crippen molar-refractivity contribution in [3.63, 3.8) is 0 Å². The van der Waals surface area contributed by atoms with Gasteiger partial charge in [0.1, 0.15) is 0 Å². The van der Waals surface area contributed by atoms with Gasteiger partial charge in [0.25, 0.3) is 0 Å². The van der Waals surface area contributed by atoms with E-state index >= 15 is 0 Å². The molecule has 0 aromatic rings. The van der Waals surface area contributed by atoms with Crippen LogP contribution in [-0.4, -0.2) is 55.0 Å². The smallest absolute Gasteiger partial charge is 0.222 e. The molecule has 20 heavy (non-hydrogen) atoms. The quantitative estimate of drug-likeness (QED) is 0.808. The molecule has 2 rings (SSSR count). The maximum atomic E-state index is 12.2. The third kappa shape index (κ3) is 5.06. The van der Waals surface area contributed by atoms with Crippen LogP contribution in [0.2, 0.25) is 0 Å². The Morgan fingerprint density at radius 2 is 1.75 bits per heavy atom. The van der Waals surface area contributed by atoms with E-state index in [9.17, 15) is 4.79 Å². The molecule has 2 aliphatic rings. The van der Waals surface area contributed by atoms with Crippen molar-refractivity contribution in [2.45, 2.75) is 51.4 Å². The second kappa shape index (κ2) is 8.63. The third-order valence-corrected chi connectivity index (χ3v) is 4.89. The van der Waals surface area contributed by atoms with Gasteiger partial charge in [0, 0.05) is 32.6 Å². The first-order valence-corrected chi connectivity index (χ1v) is 8.50. The molecule has 0 unspecified atom stereocenters. The summed E-state index contributed by atoms with van der Waals surface area (Å²) in [6.07, 6.45) is 9.79. The zero-order valence-electron chi connectivity index (χ0n) is 12.9. The van der Waals surface area contributed by atoms with Crippen LogP contribution in [0.1, 0.15) is 51.4 Å². The lowest BCUT2D eigenvalue weighted by Crippen LogP contribution is -2.49. The summed E-state index contributed by atoms with van der Waals surface area (Å²) in [5.74, 6) is 1.20. The van der Waals surface area contributed by atoms with E-state index in [-0.39, 0.29) is 0 Å². The normalized spacial score (nSPS) is 22.1. The summed E-state index contributed by atoms with van der Waals surface area (Å²) < 4.78 is 0. The van der Waals surface area contributed by atoms with E-state index in [1.807, 2.05) is 0 Å². The minimum Gasteiger partial charge on any atom is -0.340 e. The predicted octanol–water partition coefficient (Wildman–Crippen LogP) is 1.84. The maximum absolute atomic E-state index is 12.2. The van der Waals surface area contributed by atoms with Gasteiger partial charge in [-0.25, -0.2) is 0 Å². The van der Waals surface area contributed by atoms with Gasteiger partial charge in [-0.15, -0.1) is 0 Å². The Balaban J connectivity index is 1.61. The van der Waals surface area contributed by atoms with Crippen LogP contribution in [0.4, 0.5) is 0 Å². The lowest BCUT2D eigenvalue weighted by molar-refractivity contribution is -0.133. The van der Waals surface area contributed by atoms with Crippen molar-refractivity contribution in [1.82, 2.24) is 9.80 Å². The van der Waals surface area contributed by atoms with E-state index in [2.05, 4.69) is 9.80 Å². The first kappa shape index (κ1) is 15.8. The van der Waals surface area contributed by atoms with Gasteiger partial charge in [-0.05, 0) is 31.8 Å². The van der Waals surface area contributed by atoms with Gasteiger partial charge in [0.05, 0.1) is 0 Å². The maximum Gasteiger partial charge on any atom is 0.222 e. The van der Waals surface area contributed by atoms with E-state index in [4.69, 9.17) is 5.73 Å². The average Bonchev–Trinajstić information content (AvgIpc) is 2.52. The topological polar surface area (TPSA) is 49.6 Å². The number of piperazine rings is 1. The van der Waals surface area contributed by atoms with Crippen LogP contribution in [-0.2, 0) is 4.79 Å². The highest BCUT2D eigenvalue weighted by Gasteiger charge is 2.22. The second-order valence-corrected chi connectivity index (χ2v) is 6.41. The molecule has 0 spiro atoms. The Morgan fingerprint density at radius 3 is 2.40 bits per heavy atom. The van der Waals surface area contributed by atoms with Gasteiger partial charge < -0.3 is 10.6 Å². The molecule has 4 nitrogen and oxygen atoms in total. The number of amides is 1. The Hall–Kier alpha value is -0.610. The number of hydrogen-bond acceptors (Lipinski definition) is 3. The third-order valence-electron chi connectivity index (χ3n) is 4.89. The number of carbonyl (C=O) groups is 1. The molecule has 1 saturated carbocycles. The Kier molecular flexibility index (Phi) is 6.80. The SMILES string of the molecule is NCCCN1CCN(C(=O)CCC2CCCCC2)CC1. The van der Waals surface area contributed by atoms with Crippen LogP contribution in [0.3, 0.4) is 0 Å². The number of carbonyl (C=O) groups excluding carboxylic acids is 1. The summed E-state index contributed by atoms with van der Waals surface area (Å²) in [6, 6.07) is 0. The van der Waals surface area contributed by atoms with Gasteiger partial charge in [-0.3, -0.25) is 9.69 Å². The summed E-state index contributed by atoms with van der Waals surface area (Å²) in [6.45, 7) is 5.72. The van der Waals surface area contributed by atoms with E-state index < -0.39 is 0 Å². The highest BCUT2D eigenvalue weighted by Crippen LogP contribution is 2.27. The van der Waals surface area contributed by atoms with Crippen molar-refractivity contribution in [3.05, 3.63) is 0 Å². The van der Waals surface area contributed by atoms with Crippen molar-refractivity contribution in [1.29, 1.82) is 0 Å². The fourth-order valence-corrected chi connectivity index (χ4v) is 3.50. The molecule has 2 N–H and O–H groups in total. The van der Waals surface area contributed by atoms with Crippen molar-refractivity contribution < 1.29 is 4.79 Å². The summed E-state index contributed by atoms with van der Waals surface area (Å²) in [5.41, 5.74) is 5.54. The van der Waals surface area contributed by atoms with Gasteiger partial charge >= 0.3 is 0 Å². The fourth-order valence-electron chi connectivity index (χ4n) is 3.50.